The minimum Gasteiger partial charge on any atom is -0.395 e. The Morgan fingerprint density at radius 3 is 2.50 bits per heavy atom. The van der Waals surface area contributed by atoms with Crippen LogP contribution in [0.25, 0.3) is 0 Å². The zero-order chi connectivity index (χ0) is 26.5. The predicted molar refractivity (Wildman–Crippen MR) is 145 cm³/mol. The van der Waals surface area contributed by atoms with Crippen molar-refractivity contribution < 1.29 is 24.5 Å². The number of aliphatic hydroxyl groups is 2. The van der Waals surface area contributed by atoms with Gasteiger partial charge < -0.3 is 25.0 Å². The van der Waals surface area contributed by atoms with Crippen LogP contribution < -0.4 is 5.32 Å². The maximum atomic E-state index is 12.7. The Morgan fingerprint density at radius 2 is 1.76 bits per heavy atom. The smallest absolute Gasteiger partial charge is 0.255 e. The Hall–Kier alpha value is -3.07. The van der Waals surface area contributed by atoms with Gasteiger partial charge in [-0.1, -0.05) is 61.5 Å². The van der Waals surface area contributed by atoms with Crippen LogP contribution in [0.3, 0.4) is 0 Å². The molecule has 0 bridgehead atoms. The molecule has 2 aliphatic rings. The Balaban J connectivity index is 1.39. The van der Waals surface area contributed by atoms with E-state index >= 15 is 0 Å². The molecule has 0 unspecified atom stereocenters. The lowest BCUT2D eigenvalue weighted by molar-refractivity contribution is -0.276. The van der Waals surface area contributed by atoms with Crippen LogP contribution in [-0.2, 0) is 16.1 Å². The van der Waals surface area contributed by atoms with Crippen molar-refractivity contribution >= 4 is 11.6 Å². The van der Waals surface area contributed by atoms with Crippen LogP contribution in [0, 0.1) is 5.92 Å². The standard InChI is InChI=1S/C31H36N2O5/c1-21-28(18-33-16-6-11-27(33)20-35)37-31(38-29(21)23-14-12-22(19-34)13-15-23)25-9-5-10-26(17-25)32-30(36)24-7-3-2-4-8-24/h2-5,7-10,12-15,17,21,27-29,31,34-35H,6,11,16,18-20H2,1H3,(H,32,36)/t21-,27-,28+,29+,31+/m0/s1. The minimum atomic E-state index is -0.623. The fourth-order valence-electron chi connectivity index (χ4n) is 5.46. The van der Waals surface area contributed by atoms with Crippen LogP contribution in [0.4, 0.5) is 5.69 Å². The van der Waals surface area contributed by atoms with Crippen LogP contribution >= 0.6 is 0 Å². The molecule has 2 fully saturated rings. The summed E-state index contributed by atoms with van der Waals surface area (Å²) < 4.78 is 13.2. The summed E-state index contributed by atoms with van der Waals surface area (Å²) in [4.78, 5) is 15.0. The molecule has 3 N–H and O–H groups in total. The lowest BCUT2D eigenvalue weighted by atomic mass is 9.90. The third-order valence-electron chi connectivity index (χ3n) is 7.70. The average Bonchev–Trinajstić information content (AvgIpc) is 3.42. The number of nitrogens with one attached hydrogen (secondary N) is 1. The van der Waals surface area contributed by atoms with E-state index < -0.39 is 6.29 Å². The highest BCUT2D eigenvalue weighted by molar-refractivity contribution is 6.04. The maximum absolute atomic E-state index is 12.7. The van der Waals surface area contributed by atoms with Crippen molar-refractivity contribution in [2.24, 2.45) is 5.92 Å². The first-order valence-electron chi connectivity index (χ1n) is 13.4. The van der Waals surface area contributed by atoms with Crippen molar-refractivity contribution in [2.75, 3.05) is 25.0 Å². The van der Waals surface area contributed by atoms with Gasteiger partial charge >= 0.3 is 0 Å². The number of benzene rings is 3. The number of anilines is 1. The molecule has 0 aromatic heterocycles. The van der Waals surface area contributed by atoms with Crippen LogP contribution in [-0.4, -0.2) is 52.9 Å². The Bertz CT molecular complexity index is 1200. The molecular formula is C31H36N2O5. The number of hydrogen-bond donors (Lipinski definition) is 3. The number of nitrogens with zero attached hydrogens (tertiary/aromatic N) is 1. The summed E-state index contributed by atoms with van der Waals surface area (Å²) in [5.74, 6) is -0.113. The molecule has 0 spiro atoms. The molecule has 3 aromatic rings. The van der Waals surface area contributed by atoms with Crippen molar-refractivity contribution in [2.45, 2.75) is 50.9 Å². The van der Waals surface area contributed by atoms with E-state index in [0.717, 1.165) is 36.1 Å². The zero-order valence-electron chi connectivity index (χ0n) is 21.7. The molecule has 0 aliphatic carbocycles. The number of likely N-dealkylation sites (tertiary alicyclic amines) is 1. The SMILES string of the molecule is C[C@H]1[C@@H](CN2CCC[C@H]2CO)O[C@@H](c2cccc(NC(=O)c3ccccc3)c2)O[C@H]1c1ccc(CO)cc1. The van der Waals surface area contributed by atoms with Crippen LogP contribution in [0.15, 0.2) is 78.9 Å². The molecule has 0 radical (unpaired) electrons. The first-order chi connectivity index (χ1) is 18.6. The number of amides is 1. The van der Waals surface area contributed by atoms with Gasteiger partial charge in [0.15, 0.2) is 6.29 Å². The second-order valence-electron chi connectivity index (χ2n) is 10.2. The Morgan fingerprint density at radius 1 is 0.974 bits per heavy atom. The van der Waals surface area contributed by atoms with E-state index in [1.165, 1.54) is 0 Å². The number of carbonyl (C=O) groups excluding carboxylic acids is 1. The van der Waals surface area contributed by atoms with Crippen LogP contribution in [0.1, 0.15) is 59.2 Å². The minimum absolute atomic E-state index is 0.00524. The number of hydrogen-bond acceptors (Lipinski definition) is 6. The topological polar surface area (TPSA) is 91.3 Å². The van der Waals surface area contributed by atoms with Gasteiger partial charge in [-0.15, -0.1) is 0 Å². The second-order valence-corrected chi connectivity index (χ2v) is 10.2. The van der Waals surface area contributed by atoms with Crippen molar-refractivity contribution in [1.82, 2.24) is 4.90 Å². The largest absolute Gasteiger partial charge is 0.395 e. The van der Waals surface area contributed by atoms with E-state index in [4.69, 9.17) is 9.47 Å². The monoisotopic (exact) mass is 516 g/mol. The summed E-state index contributed by atoms with van der Waals surface area (Å²) in [6.07, 6.45) is 1.10. The quantitative estimate of drug-likeness (QED) is 0.403. The molecule has 38 heavy (non-hydrogen) atoms. The number of carbonyl (C=O) groups is 1. The van der Waals surface area contributed by atoms with Gasteiger partial charge in [0.25, 0.3) is 5.91 Å². The normalized spacial score (nSPS) is 25.8. The molecular weight excluding hydrogens is 480 g/mol. The van der Waals surface area contributed by atoms with Crippen LogP contribution in [0.2, 0.25) is 0 Å². The summed E-state index contributed by atoms with van der Waals surface area (Å²) in [6.45, 7) is 3.94. The molecule has 1 amide bonds. The summed E-state index contributed by atoms with van der Waals surface area (Å²) >= 11 is 0. The van der Waals surface area contributed by atoms with Gasteiger partial charge in [-0.2, -0.15) is 0 Å². The molecule has 5 atom stereocenters. The van der Waals surface area contributed by atoms with E-state index in [-0.39, 0.29) is 43.3 Å². The van der Waals surface area contributed by atoms with Crippen molar-refractivity contribution in [3.63, 3.8) is 0 Å². The zero-order valence-corrected chi connectivity index (χ0v) is 21.7. The molecule has 200 valence electrons. The van der Waals surface area contributed by atoms with Crippen molar-refractivity contribution in [1.29, 1.82) is 0 Å². The van der Waals surface area contributed by atoms with Gasteiger partial charge in [0.2, 0.25) is 0 Å². The highest BCUT2D eigenvalue weighted by Crippen LogP contribution is 2.42. The van der Waals surface area contributed by atoms with Gasteiger partial charge in [0, 0.05) is 35.3 Å². The van der Waals surface area contributed by atoms with Crippen molar-refractivity contribution in [3.8, 4) is 0 Å². The molecule has 2 saturated heterocycles. The molecule has 3 aromatic carbocycles. The lowest BCUT2D eigenvalue weighted by Crippen LogP contribution is -2.46. The fourth-order valence-corrected chi connectivity index (χ4v) is 5.46. The van der Waals surface area contributed by atoms with Gasteiger partial charge in [0.05, 0.1) is 25.4 Å². The highest BCUT2D eigenvalue weighted by Gasteiger charge is 2.40. The van der Waals surface area contributed by atoms with E-state index in [2.05, 4.69) is 17.1 Å². The van der Waals surface area contributed by atoms with E-state index in [1.54, 1.807) is 12.1 Å². The third kappa shape index (κ3) is 5.98. The maximum Gasteiger partial charge on any atom is 0.255 e. The van der Waals surface area contributed by atoms with E-state index in [9.17, 15) is 15.0 Å². The molecule has 0 saturated carbocycles. The van der Waals surface area contributed by atoms with Gasteiger partial charge in [-0.3, -0.25) is 9.69 Å². The average molecular weight is 517 g/mol. The third-order valence-corrected chi connectivity index (χ3v) is 7.70. The molecule has 2 aliphatic heterocycles. The first kappa shape index (κ1) is 26.5. The summed E-state index contributed by atoms with van der Waals surface area (Å²) in [5, 5.41) is 22.3. The number of aliphatic hydroxyl groups excluding tert-OH is 2. The van der Waals surface area contributed by atoms with Crippen LogP contribution in [0.5, 0.6) is 0 Å². The van der Waals surface area contributed by atoms with E-state index in [1.807, 2.05) is 66.7 Å². The predicted octanol–water partition coefficient (Wildman–Crippen LogP) is 4.68. The molecule has 7 heteroatoms. The molecule has 7 nitrogen and oxygen atoms in total. The molecule has 5 rings (SSSR count). The Labute approximate surface area is 224 Å². The number of ether oxygens (including phenoxy) is 2. The molecule has 2 heterocycles. The van der Waals surface area contributed by atoms with Gasteiger partial charge in [0.1, 0.15) is 0 Å². The van der Waals surface area contributed by atoms with Gasteiger partial charge in [-0.25, -0.2) is 0 Å². The van der Waals surface area contributed by atoms with Crippen molar-refractivity contribution in [3.05, 3.63) is 101 Å². The van der Waals surface area contributed by atoms with E-state index in [0.29, 0.717) is 17.8 Å². The summed E-state index contributed by atoms with van der Waals surface area (Å²) in [7, 11) is 0. The lowest BCUT2D eigenvalue weighted by Gasteiger charge is -2.43. The Kier molecular flexibility index (Phi) is 8.51. The second kappa shape index (κ2) is 12.2. The number of rotatable bonds is 8. The summed E-state index contributed by atoms with van der Waals surface area (Å²) in [5.41, 5.74) is 3.97. The highest BCUT2D eigenvalue weighted by atomic mass is 16.7. The van der Waals surface area contributed by atoms with Gasteiger partial charge in [-0.05, 0) is 54.8 Å². The first-order valence-corrected chi connectivity index (χ1v) is 13.4. The fraction of sp³-hybridized carbons (Fsp3) is 0.387. The summed E-state index contributed by atoms with van der Waals surface area (Å²) in [6, 6.07) is 24.7.